The van der Waals surface area contributed by atoms with E-state index in [1.165, 1.54) is 18.1 Å². The van der Waals surface area contributed by atoms with E-state index in [0.29, 0.717) is 12.2 Å². The minimum Gasteiger partial charge on any atom is -0.497 e. The average Bonchev–Trinajstić information content (AvgIpc) is 2.80. The summed E-state index contributed by atoms with van der Waals surface area (Å²) in [4.78, 5) is 38.3. The molecule has 2 aromatic rings. The molecule has 0 bridgehead atoms. The van der Waals surface area contributed by atoms with Crippen molar-refractivity contribution >= 4 is 23.9 Å². The van der Waals surface area contributed by atoms with Crippen LogP contribution in [0.1, 0.15) is 16.7 Å². The number of carbonyl (C=O) groups is 3. The van der Waals surface area contributed by atoms with Crippen LogP contribution in [0.5, 0.6) is 5.75 Å². The summed E-state index contributed by atoms with van der Waals surface area (Å²) < 4.78 is 15.0. The van der Waals surface area contributed by atoms with Crippen LogP contribution in [0.15, 0.2) is 54.6 Å². The Morgan fingerprint density at radius 2 is 1.73 bits per heavy atom. The molecule has 1 heterocycles. The maximum atomic E-state index is 12.7. The molecule has 2 aromatic carbocycles. The number of hydrogen-bond acceptors (Lipinski definition) is 6. The first-order chi connectivity index (χ1) is 14.5. The summed E-state index contributed by atoms with van der Waals surface area (Å²) in [5, 5.41) is 0. The fourth-order valence-corrected chi connectivity index (χ4v) is 3.27. The average molecular weight is 409 g/mol. The van der Waals surface area contributed by atoms with Gasteiger partial charge < -0.3 is 19.1 Å². The molecule has 0 aromatic heterocycles. The zero-order valence-electron chi connectivity index (χ0n) is 16.9. The molecule has 30 heavy (non-hydrogen) atoms. The number of amides is 1. The lowest BCUT2D eigenvalue weighted by Crippen LogP contribution is -2.50. The lowest BCUT2D eigenvalue weighted by atomic mass is 9.94. The number of hydrogen-bond donors (Lipinski definition) is 0. The van der Waals surface area contributed by atoms with E-state index >= 15 is 0 Å². The lowest BCUT2D eigenvalue weighted by molar-refractivity contribution is -0.158. The van der Waals surface area contributed by atoms with Crippen molar-refractivity contribution < 1.29 is 28.6 Å². The van der Waals surface area contributed by atoms with Gasteiger partial charge in [0.25, 0.3) is 5.91 Å². The van der Waals surface area contributed by atoms with Gasteiger partial charge >= 0.3 is 11.9 Å². The Morgan fingerprint density at radius 1 is 1.03 bits per heavy atom. The molecule has 1 aliphatic heterocycles. The second-order valence-electron chi connectivity index (χ2n) is 6.75. The van der Waals surface area contributed by atoms with Crippen LogP contribution in [-0.4, -0.2) is 49.6 Å². The summed E-state index contributed by atoms with van der Waals surface area (Å²) in [5.74, 6) is -0.885. The Balaban J connectivity index is 1.61. The Bertz CT molecular complexity index is 950. The van der Waals surface area contributed by atoms with Gasteiger partial charge in [0.1, 0.15) is 11.8 Å². The van der Waals surface area contributed by atoms with Gasteiger partial charge in [-0.1, -0.05) is 36.4 Å². The van der Waals surface area contributed by atoms with Gasteiger partial charge in [-0.05, 0) is 34.9 Å². The number of rotatable bonds is 6. The summed E-state index contributed by atoms with van der Waals surface area (Å²) >= 11 is 0. The maximum absolute atomic E-state index is 12.7. The molecular weight excluding hydrogens is 386 g/mol. The minimum absolute atomic E-state index is 0.258. The van der Waals surface area contributed by atoms with E-state index in [2.05, 4.69) is 0 Å². The SMILES string of the molecule is COC(=O)[C@H]1Cc2ccccc2CN1C(=O)COC(=O)/C=C/c1ccc(OC)cc1. The highest BCUT2D eigenvalue weighted by molar-refractivity contribution is 5.90. The summed E-state index contributed by atoms with van der Waals surface area (Å²) in [6.45, 7) is -0.199. The molecule has 7 heteroatoms. The molecular formula is C23H23NO6. The van der Waals surface area contributed by atoms with E-state index < -0.39 is 30.5 Å². The van der Waals surface area contributed by atoms with Gasteiger partial charge in [0, 0.05) is 19.0 Å². The van der Waals surface area contributed by atoms with E-state index in [1.807, 2.05) is 24.3 Å². The third-order valence-electron chi connectivity index (χ3n) is 4.91. The third kappa shape index (κ3) is 5.05. The summed E-state index contributed by atoms with van der Waals surface area (Å²) in [6, 6.07) is 14.0. The fourth-order valence-electron chi connectivity index (χ4n) is 3.27. The van der Waals surface area contributed by atoms with Gasteiger partial charge in [-0.3, -0.25) is 4.79 Å². The quantitative estimate of drug-likeness (QED) is 0.538. The van der Waals surface area contributed by atoms with Crippen molar-refractivity contribution in [1.82, 2.24) is 4.90 Å². The van der Waals surface area contributed by atoms with Gasteiger partial charge in [0.05, 0.1) is 14.2 Å². The van der Waals surface area contributed by atoms with Crippen LogP contribution in [0.2, 0.25) is 0 Å². The third-order valence-corrected chi connectivity index (χ3v) is 4.91. The van der Waals surface area contributed by atoms with E-state index in [4.69, 9.17) is 14.2 Å². The molecule has 0 saturated carbocycles. The van der Waals surface area contributed by atoms with Crippen LogP contribution in [-0.2, 0) is 36.8 Å². The van der Waals surface area contributed by atoms with E-state index in [9.17, 15) is 14.4 Å². The number of nitrogens with zero attached hydrogens (tertiary/aromatic N) is 1. The molecule has 1 aliphatic rings. The van der Waals surface area contributed by atoms with Gasteiger partial charge in [-0.15, -0.1) is 0 Å². The number of methoxy groups -OCH3 is 2. The first-order valence-electron chi connectivity index (χ1n) is 9.44. The van der Waals surface area contributed by atoms with Crippen LogP contribution in [0, 0.1) is 0 Å². The molecule has 0 spiro atoms. The van der Waals surface area contributed by atoms with Crippen LogP contribution in [0.3, 0.4) is 0 Å². The number of benzene rings is 2. The van der Waals surface area contributed by atoms with Crippen LogP contribution >= 0.6 is 0 Å². The zero-order valence-corrected chi connectivity index (χ0v) is 16.9. The van der Waals surface area contributed by atoms with E-state index in [1.54, 1.807) is 37.5 Å². The zero-order chi connectivity index (χ0) is 21.5. The Hall–Kier alpha value is -3.61. The molecule has 1 amide bonds. The molecule has 1 atom stereocenters. The summed E-state index contributed by atoms with van der Waals surface area (Å²) in [5.41, 5.74) is 2.74. The Labute approximate surface area is 174 Å². The molecule has 156 valence electrons. The highest BCUT2D eigenvalue weighted by Crippen LogP contribution is 2.24. The van der Waals surface area contributed by atoms with Crippen LogP contribution < -0.4 is 4.74 Å². The van der Waals surface area contributed by atoms with Crippen LogP contribution in [0.25, 0.3) is 6.08 Å². The number of fused-ring (bicyclic) bond motifs is 1. The first kappa shape index (κ1) is 21.1. The largest absolute Gasteiger partial charge is 0.497 e. The highest BCUT2D eigenvalue weighted by Gasteiger charge is 2.35. The van der Waals surface area contributed by atoms with Crippen LogP contribution in [0.4, 0.5) is 0 Å². The standard InChI is InChI=1S/C23H23NO6/c1-28-19-10-7-16(8-11-19)9-12-22(26)30-15-21(25)24-14-18-6-4-3-5-17(18)13-20(24)23(27)29-2/h3-12,20H,13-15H2,1-2H3/b12-9+/t20-/m1/s1. The van der Waals surface area contributed by atoms with Crippen molar-refractivity contribution in [1.29, 1.82) is 0 Å². The topological polar surface area (TPSA) is 82.1 Å². The second-order valence-corrected chi connectivity index (χ2v) is 6.75. The molecule has 0 aliphatic carbocycles. The Morgan fingerprint density at radius 3 is 2.40 bits per heavy atom. The first-order valence-corrected chi connectivity index (χ1v) is 9.44. The van der Waals surface area contributed by atoms with Crippen molar-refractivity contribution in [2.75, 3.05) is 20.8 Å². The second kappa shape index (κ2) is 9.73. The summed E-state index contributed by atoms with van der Waals surface area (Å²) in [6.07, 6.45) is 3.19. The molecule has 0 N–H and O–H groups in total. The minimum atomic E-state index is -0.744. The van der Waals surface area contributed by atoms with Crippen molar-refractivity contribution in [2.45, 2.75) is 19.0 Å². The smallest absolute Gasteiger partial charge is 0.331 e. The van der Waals surface area contributed by atoms with Crippen molar-refractivity contribution in [2.24, 2.45) is 0 Å². The molecule has 3 rings (SSSR count). The van der Waals surface area contributed by atoms with Gasteiger partial charge in [-0.2, -0.15) is 0 Å². The lowest BCUT2D eigenvalue weighted by Gasteiger charge is -2.35. The predicted molar refractivity (Wildman–Crippen MR) is 109 cm³/mol. The molecule has 7 nitrogen and oxygen atoms in total. The van der Waals surface area contributed by atoms with Gasteiger partial charge in [0.15, 0.2) is 6.61 Å². The van der Waals surface area contributed by atoms with Crippen molar-refractivity contribution in [3.05, 3.63) is 71.3 Å². The van der Waals surface area contributed by atoms with Gasteiger partial charge in [0.2, 0.25) is 0 Å². The van der Waals surface area contributed by atoms with E-state index in [0.717, 1.165) is 16.7 Å². The van der Waals surface area contributed by atoms with Gasteiger partial charge in [-0.25, -0.2) is 9.59 Å². The number of carbonyl (C=O) groups excluding carboxylic acids is 3. The highest BCUT2D eigenvalue weighted by atomic mass is 16.5. The molecule has 0 unspecified atom stereocenters. The number of esters is 2. The van der Waals surface area contributed by atoms with E-state index in [-0.39, 0.29) is 6.54 Å². The Kier molecular flexibility index (Phi) is 6.85. The normalized spacial score (nSPS) is 15.4. The predicted octanol–water partition coefficient (Wildman–Crippen LogP) is 2.38. The molecule has 0 fully saturated rings. The maximum Gasteiger partial charge on any atom is 0.331 e. The van der Waals surface area contributed by atoms with Crippen molar-refractivity contribution in [3.63, 3.8) is 0 Å². The molecule has 0 radical (unpaired) electrons. The monoisotopic (exact) mass is 409 g/mol. The van der Waals surface area contributed by atoms with Crippen molar-refractivity contribution in [3.8, 4) is 5.75 Å². The molecule has 0 saturated heterocycles. The fraction of sp³-hybridized carbons (Fsp3) is 0.261. The summed E-state index contributed by atoms with van der Waals surface area (Å²) in [7, 11) is 2.86. The number of ether oxygens (including phenoxy) is 3.